The minimum Gasteiger partial charge on any atom is -0.504 e. The van der Waals surface area contributed by atoms with Crippen molar-refractivity contribution in [3.63, 3.8) is 0 Å². The number of aldehydes is 1. The molecule has 0 spiro atoms. The lowest BCUT2D eigenvalue weighted by atomic mass is 9.72. The van der Waals surface area contributed by atoms with Crippen LogP contribution in [0, 0.1) is 5.92 Å². The van der Waals surface area contributed by atoms with Crippen molar-refractivity contribution in [3.05, 3.63) is 52.6 Å². The Hall–Kier alpha value is -3.19. The van der Waals surface area contributed by atoms with Gasteiger partial charge in [0.25, 0.3) is 0 Å². The topological polar surface area (TPSA) is 175 Å². The second kappa shape index (κ2) is 11.1. The van der Waals surface area contributed by atoms with Crippen LogP contribution in [0.1, 0.15) is 22.6 Å². The average Bonchev–Trinajstić information content (AvgIpc) is 2.90. The van der Waals surface area contributed by atoms with Crippen molar-refractivity contribution in [2.45, 2.75) is 36.6 Å². The number of fused-ring (bicyclic) bond motifs is 1. The van der Waals surface area contributed by atoms with Crippen LogP contribution in [0.4, 0.5) is 0 Å². The number of aliphatic hydroxyl groups excluding tert-OH is 4. The maximum atomic E-state index is 12.2. The fourth-order valence-electron chi connectivity index (χ4n) is 4.87. The summed E-state index contributed by atoms with van der Waals surface area (Å²) in [6.07, 6.45) is -5.01. The number of carbonyl (C=O) groups excluding carboxylic acids is 1. The standard InChI is InChI=1S/C26H30O11/c1-34-19-6-12(3-4-17(19)29)22-15-8-18(30)20(35-2)7-13(15)5-14(9-27)16(22)11-36-26-25(33)24(32)23(31)21(10-28)37-26/h3-9,16,21-26,28-33H,10-11H2,1-2H3/t16?,21-,22?,23-,24+,25-,26?/m1/s1. The molecule has 0 amide bonds. The van der Waals surface area contributed by atoms with E-state index in [1.165, 1.54) is 26.4 Å². The van der Waals surface area contributed by atoms with Crippen LogP contribution in [0.5, 0.6) is 23.0 Å². The molecule has 6 N–H and O–H groups in total. The lowest BCUT2D eigenvalue weighted by molar-refractivity contribution is -0.302. The Balaban J connectivity index is 1.75. The number of ether oxygens (including phenoxy) is 4. The van der Waals surface area contributed by atoms with Gasteiger partial charge in [0.15, 0.2) is 29.3 Å². The van der Waals surface area contributed by atoms with E-state index in [-0.39, 0.29) is 29.6 Å². The van der Waals surface area contributed by atoms with Crippen LogP contribution in [0.3, 0.4) is 0 Å². The normalized spacial score (nSPS) is 29.2. The molecule has 0 radical (unpaired) electrons. The summed E-state index contributed by atoms with van der Waals surface area (Å²) in [5.74, 6) is -1.03. The number of phenolic OH excluding ortho intramolecular Hbond substituents is 2. The zero-order valence-corrected chi connectivity index (χ0v) is 20.2. The number of hydrogen-bond acceptors (Lipinski definition) is 11. The minimum atomic E-state index is -1.62. The van der Waals surface area contributed by atoms with Crippen LogP contribution in [0.15, 0.2) is 35.9 Å². The summed E-state index contributed by atoms with van der Waals surface area (Å²) < 4.78 is 21.8. The van der Waals surface area contributed by atoms with Crippen molar-refractivity contribution in [1.82, 2.24) is 0 Å². The van der Waals surface area contributed by atoms with E-state index in [2.05, 4.69) is 0 Å². The van der Waals surface area contributed by atoms with Crippen molar-refractivity contribution < 1.29 is 54.4 Å². The van der Waals surface area contributed by atoms with Crippen molar-refractivity contribution >= 4 is 12.4 Å². The van der Waals surface area contributed by atoms with Crippen LogP contribution in [-0.4, -0.2) is 95.1 Å². The van der Waals surface area contributed by atoms with Gasteiger partial charge in [0.1, 0.15) is 30.7 Å². The Morgan fingerprint density at radius 2 is 1.65 bits per heavy atom. The van der Waals surface area contributed by atoms with E-state index < -0.39 is 49.1 Å². The van der Waals surface area contributed by atoms with Gasteiger partial charge in [-0.05, 0) is 52.6 Å². The highest BCUT2D eigenvalue weighted by Crippen LogP contribution is 2.47. The average molecular weight is 519 g/mol. The number of aliphatic hydroxyl groups is 4. The highest BCUT2D eigenvalue weighted by atomic mass is 16.7. The zero-order valence-electron chi connectivity index (χ0n) is 20.2. The number of hydrogen-bond donors (Lipinski definition) is 6. The third-order valence-electron chi connectivity index (χ3n) is 6.86. The van der Waals surface area contributed by atoms with Gasteiger partial charge in [-0.3, -0.25) is 4.79 Å². The molecule has 200 valence electrons. The second-order valence-corrected chi connectivity index (χ2v) is 8.96. The fraction of sp³-hybridized carbons (Fsp3) is 0.423. The van der Waals surface area contributed by atoms with E-state index >= 15 is 0 Å². The molecule has 37 heavy (non-hydrogen) atoms. The van der Waals surface area contributed by atoms with Crippen LogP contribution in [-0.2, 0) is 14.3 Å². The lowest BCUT2D eigenvalue weighted by Crippen LogP contribution is -2.59. The first-order valence-corrected chi connectivity index (χ1v) is 11.6. The molecule has 1 heterocycles. The van der Waals surface area contributed by atoms with Gasteiger partial charge in [0.05, 0.1) is 27.4 Å². The van der Waals surface area contributed by atoms with Gasteiger partial charge in [0.2, 0.25) is 0 Å². The first-order chi connectivity index (χ1) is 17.7. The fourth-order valence-corrected chi connectivity index (χ4v) is 4.87. The molecule has 1 aliphatic heterocycles. The maximum Gasteiger partial charge on any atom is 0.186 e. The molecule has 11 nitrogen and oxygen atoms in total. The van der Waals surface area contributed by atoms with E-state index in [1.54, 1.807) is 24.3 Å². The predicted molar refractivity (Wildman–Crippen MR) is 128 cm³/mol. The Bertz CT molecular complexity index is 1160. The molecule has 4 rings (SSSR count). The smallest absolute Gasteiger partial charge is 0.186 e. The first kappa shape index (κ1) is 26.9. The molecular weight excluding hydrogens is 488 g/mol. The minimum absolute atomic E-state index is 0.0832. The van der Waals surface area contributed by atoms with E-state index in [0.29, 0.717) is 28.5 Å². The molecule has 1 fully saturated rings. The Morgan fingerprint density at radius 3 is 2.30 bits per heavy atom. The van der Waals surface area contributed by atoms with Gasteiger partial charge in [-0.2, -0.15) is 0 Å². The molecule has 11 heteroatoms. The van der Waals surface area contributed by atoms with Crippen molar-refractivity contribution in [2.24, 2.45) is 5.92 Å². The predicted octanol–water partition coefficient (Wildman–Crippen LogP) is 0.275. The molecule has 0 aromatic heterocycles. The van der Waals surface area contributed by atoms with Crippen LogP contribution < -0.4 is 9.47 Å². The number of aromatic hydroxyl groups is 2. The number of phenols is 2. The molecule has 3 unspecified atom stereocenters. The number of carbonyl (C=O) groups is 1. The van der Waals surface area contributed by atoms with Gasteiger partial charge in [-0.15, -0.1) is 0 Å². The largest absolute Gasteiger partial charge is 0.504 e. The van der Waals surface area contributed by atoms with Crippen molar-refractivity contribution in [3.8, 4) is 23.0 Å². The molecule has 2 aromatic rings. The summed E-state index contributed by atoms with van der Waals surface area (Å²) in [6, 6.07) is 7.85. The quantitative estimate of drug-likeness (QED) is 0.265. The number of benzene rings is 2. The summed E-state index contributed by atoms with van der Waals surface area (Å²) in [6.45, 7) is -0.800. The molecule has 0 bridgehead atoms. The van der Waals surface area contributed by atoms with E-state index in [9.17, 15) is 35.4 Å². The highest BCUT2D eigenvalue weighted by molar-refractivity contribution is 5.86. The number of methoxy groups -OCH3 is 2. The summed E-state index contributed by atoms with van der Waals surface area (Å²) >= 11 is 0. The Labute approximate surface area is 212 Å². The third kappa shape index (κ3) is 5.01. The van der Waals surface area contributed by atoms with Crippen LogP contribution >= 0.6 is 0 Å². The second-order valence-electron chi connectivity index (χ2n) is 8.96. The maximum absolute atomic E-state index is 12.2. The zero-order chi connectivity index (χ0) is 26.9. The summed E-state index contributed by atoms with van der Waals surface area (Å²) in [5.41, 5.74) is 2.23. The van der Waals surface area contributed by atoms with Gasteiger partial charge >= 0.3 is 0 Å². The summed E-state index contributed by atoms with van der Waals surface area (Å²) in [7, 11) is 2.81. The molecule has 0 saturated carbocycles. The lowest BCUT2D eigenvalue weighted by Gasteiger charge is -2.41. The molecule has 1 aliphatic carbocycles. The molecule has 1 saturated heterocycles. The van der Waals surface area contributed by atoms with Crippen LogP contribution in [0.2, 0.25) is 0 Å². The SMILES string of the molecule is COc1cc(C2c3cc(O)c(OC)cc3C=C(C=O)C2COC2O[C@H](CO)[C@@H](O)[C@H](O)[C@H]2O)ccc1O. The monoisotopic (exact) mass is 518 g/mol. The number of rotatable bonds is 8. The van der Waals surface area contributed by atoms with E-state index in [4.69, 9.17) is 18.9 Å². The summed E-state index contributed by atoms with van der Waals surface area (Å²) in [5, 5.41) is 60.7. The van der Waals surface area contributed by atoms with Crippen molar-refractivity contribution in [1.29, 1.82) is 0 Å². The van der Waals surface area contributed by atoms with Crippen molar-refractivity contribution in [2.75, 3.05) is 27.4 Å². The summed E-state index contributed by atoms with van der Waals surface area (Å²) in [4.78, 5) is 12.2. The van der Waals surface area contributed by atoms with Gasteiger partial charge in [-0.25, -0.2) is 0 Å². The van der Waals surface area contributed by atoms with Gasteiger partial charge < -0.3 is 49.6 Å². The Morgan fingerprint density at radius 1 is 0.946 bits per heavy atom. The highest BCUT2D eigenvalue weighted by Gasteiger charge is 2.45. The first-order valence-electron chi connectivity index (χ1n) is 11.6. The molecule has 2 aliphatic rings. The van der Waals surface area contributed by atoms with E-state index in [0.717, 1.165) is 0 Å². The molecule has 2 aromatic carbocycles. The third-order valence-corrected chi connectivity index (χ3v) is 6.86. The van der Waals surface area contributed by atoms with Crippen LogP contribution in [0.25, 0.3) is 6.08 Å². The molecule has 7 atom stereocenters. The molecular formula is C26H30O11. The van der Waals surface area contributed by atoms with Gasteiger partial charge in [-0.1, -0.05) is 6.07 Å². The van der Waals surface area contributed by atoms with Gasteiger partial charge in [0, 0.05) is 11.8 Å². The Kier molecular flexibility index (Phi) is 8.02. The van der Waals surface area contributed by atoms with E-state index in [1.807, 2.05) is 0 Å².